The van der Waals surface area contributed by atoms with Gasteiger partial charge in [-0.2, -0.15) is 0 Å². The first-order valence-electron chi connectivity index (χ1n) is 11.9. The summed E-state index contributed by atoms with van der Waals surface area (Å²) in [6.07, 6.45) is 0. The van der Waals surface area contributed by atoms with E-state index in [1.54, 1.807) is 14.2 Å². The highest BCUT2D eigenvalue weighted by atomic mass is 16.7. The first kappa shape index (κ1) is 26.6. The predicted octanol–water partition coefficient (Wildman–Crippen LogP) is 7.72. The maximum atomic E-state index is 6.07. The van der Waals surface area contributed by atoms with E-state index in [0.29, 0.717) is 0 Å². The molecule has 0 heterocycles. The normalized spacial score (nSPS) is 11.9. The van der Waals surface area contributed by atoms with Crippen LogP contribution in [0.15, 0.2) is 66.7 Å². The van der Waals surface area contributed by atoms with Gasteiger partial charge in [-0.1, -0.05) is 71.9 Å². The molecule has 5 heteroatoms. The molecule has 0 aliphatic rings. The Hall–Kier alpha value is -3.02. The minimum atomic E-state index is -0.0421. The minimum Gasteiger partial charge on any atom is -0.465 e. The van der Waals surface area contributed by atoms with Crippen LogP contribution in [0.1, 0.15) is 52.7 Å². The summed E-state index contributed by atoms with van der Waals surface area (Å²) < 4.78 is 22.6. The Kier molecular flexibility index (Phi) is 8.47. The highest BCUT2D eigenvalue weighted by molar-refractivity contribution is 5.84. The number of rotatable bonds is 9. The van der Waals surface area contributed by atoms with Crippen LogP contribution in [0.25, 0.3) is 0 Å². The summed E-state index contributed by atoms with van der Waals surface area (Å²) in [6, 6.07) is 22.9. The van der Waals surface area contributed by atoms with Crippen molar-refractivity contribution in [2.75, 3.05) is 32.7 Å². The van der Waals surface area contributed by atoms with Crippen molar-refractivity contribution in [2.45, 2.75) is 52.4 Å². The maximum absolute atomic E-state index is 6.07. The molecule has 0 unspecified atom stereocenters. The van der Waals surface area contributed by atoms with E-state index in [4.69, 9.17) is 18.9 Å². The second kappa shape index (κ2) is 11.1. The molecule has 0 aromatic heterocycles. The number of hydrogen-bond acceptors (Lipinski definition) is 5. The third-order valence-corrected chi connectivity index (χ3v) is 5.81. The van der Waals surface area contributed by atoms with Crippen LogP contribution in [0.2, 0.25) is 0 Å². The summed E-state index contributed by atoms with van der Waals surface area (Å²) in [5.41, 5.74) is 5.13. The van der Waals surface area contributed by atoms with E-state index in [1.165, 1.54) is 11.1 Å². The van der Waals surface area contributed by atoms with E-state index >= 15 is 0 Å². The van der Waals surface area contributed by atoms with E-state index in [-0.39, 0.29) is 24.4 Å². The van der Waals surface area contributed by atoms with Crippen LogP contribution in [0.4, 0.5) is 17.1 Å². The molecule has 0 amide bonds. The van der Waals surface area contributed by atoms with E-state index in [2.05, 4.69) is 82.8 Å². The largest absolute Gasteiger partial charge is 0.465 e. The lowest BCUT2D eigenvalue weighted by Crippen LogP contribution is -2.18. The highest BCUT2D eigenvalue weighted by Crippen LogP contribution is 2.46. The zero-order valence-corrected chi connectivity index (χ0v) is 22.3. The lowest BCUT2D eigenvalue weighted by atomic mass is 9.86. The number of ether oxygens (including phenoxy) is 4. The molecular weight excluding hydrogens is 438 g/mol. The summed E-state index contributed by atoms with van der Waals surface area (Å²) in [5.74, 6) is 1.45. The standard InChI is InChI=1S/C30H39NO4/c1-29(2,3)22-14-16-27(34-20-32-7)25(18-22)31(24-12-10-9-11-13-24)26-19-23(30(4,5)6)15-17-28(26)35-21-33-8/h9-19H,20-21H2,1-8H3. The number of hydrogen-bond donors (Lipinski definition) is 0. The van der Waals surface area contributed by atoms with E-state index in [9.17, 15) is 0 Å². The molecule has 0 aliphatic heterocycles. The number of anilines is 3. The van der Waals surface area contributed by atoms with Gasteiger partial charge in [0.2, 0.25) is 0 Å². The molecular formula is C30H39NO4. The van der Waals surface area contributed by atoms with Gasteiger partial charge >= 0.3 is 0 Å². The van der Waals surface area contributed by atoms with Gasteiger partial charge in [-0.25, -0.2) is 0 Å². The molecule has 35 heavy (non-hydrogen) atoms. The Bertz CT molecular complexity index is 1030. The third-order valence-electron chi connectivity index (χ3n) is 5.81. The van der Waals surface area contributed by atoms with Gasteiger partial charge in [-0.3, -0.25) is 0 Å². The molecule has 0 saturated carbocycles. The molecule has 0 aliphatic carbocycles. The summed E-state index contributed by atoms with van der Waals surface area (Å²) in [4.78, 5) is 2.19. The van der Waals surface area contributed by atoms with E-state index in [1.807, 2.05) is 30.3 Å². The van der Waals surface area contributed by atoms with Crippen molar-refractivity contribution in [3.63, 3.8) is 0 Å². The van der Waals surface area contributed by atoms with Crippen molar-refractivity contribution in [3.8, 4) is 11.5 Å². The minimum absolute atomic E-state index is 0.0421. The Morgan fingerprint density at radius 2 is 1.03 bits per heavy atom. The smallest absolute Gasteiger partial charge is 0.188 e. The summed E-state index contributed by atoms with van der Waals surface area (Å²) in [5, 5.41) is 0. The molecule has 0 spiro atoms. The first-order chi connectivity index (χ1) is 16.6. The average molecular weight is 478 g/mol. The lowest BCUT2D eigenvalue weighted by Gasteiger charge is -2.32. The zero-order valence-electron chi connectivity index (χ0n) is 22.3. The monoisotopic (exact) mass is 477 g/mol. The number of benzene rings is 3. The van der Waals surface area contributed by atoms with Gasteiger partial charge in [0.1, 0.15) is 11.5 Å². The average Bonchev–Trinajstić information content (AvgIpc) is 2.82. The van der Waals surface area contributed by atoms with Gasteiger partial charge in [-0.15, -0.1) is 0 Å². The van der Waals surface area contributed by atoms with Crippen molar-refractivity contribution in [1.82, 2.24) is 0 Å². The third kappa shape index (κ3) is 6.56. The Morgan fingerprint density at radius 3 is 1.40 bits per heavy atom. The molecule has 5 nitrogen and oxygen atoms in total. The molecule has 3 aromatic carbocycles. The van der Waals surface area contributed by atoms with Crippen LogP contribution in [0, 0.1) is 0 Å². The Morgan fingerprint density at radius 1 is 0.600 bits per heavy atom. The zero-order chi connectivity index (χ0) is 25.6. The van der Waals surface area contributed by atoms with Crippen LogP contribution in [-0.4, -0.2) is 27.8 Å². The molecule has 0 saturated heterocycles. The van der Waals surface area contributed by atoms with Crippen LogP contribution in [0.3, 0.4) is 0 Å². The molecule has 0 bridgehead atoms. The van der Waals surface area contributed by atoms with Crippen LogP contribution in [0.5, 0.6) is 11.5 Å². The van der Waals surface area contributed by atoms with Crippen molar-refractivity contribution in [2.24, 2.45) is 0 Å². The van der Waals surface area contributed by atoms with Gasteiger partial charge < -0.3 is 23.8 Å². The fourth-order valence-corrected chi connectivity index (χ4v) is 3.79. The van der Waals surface area contributed by atoms with Crippen LogP contribution in [-0.2, 0) is 20.3 Å². The molecule has 3 rings (SSSR count). The predicted molar refractivity (Wildman–Crippen MR) is 144 cm³/mol. The number of methoxy groups -OCH3 is 2. The fraction of sp³-hybridized carbons (Fsp3) is 0.400. The number of nitrogens with zero attached hydrogens (tertiary/aromatic N) is 1. The molecule has 0 radical (unpaired) electrons. The van der Waals surface area contributed by atoms with E-state index < -0.39 is 0 Å². The van der Waals surface area contributed by atoms with Gasteiger partial charge in [0.15, 0.2) is 13.6 Å². The second-order valence-electron chi connectivity index (χ2n) is 10.6. The first-order valence-corrected chi connectivity index (χ1v) is 11.9. The molecule has 0 N–H and O–H groups in total. The summed E-state index contributed by atoms with van der Waals surface area (Å²) >= 11 is 0. The Balaban J connectivity index is 2.34. The molecule has 0 fully saturated rings. The van der Waals surface area contributed by atoms with Crippen molar-refractivity contribution >= 4 is 17.1 Å². The summed E-state index contributed by atoms with van der Waals surface area (Å²) in [7, 11) is 3.25. The van der Waals surface area contributed by atoms with Gasteiger partial charge in [-0.05, 0) is 58.4 Å². The SMILES string of the molecule is COCOc1ccc(C(C)(C)C)cc1N(c1ccccc1)c1cc(C(C)(C)C)ccc1OCOC. The lowest BCUT2D eigenvalue weighted by molar-refractivity contribution is 0.0511. The Labute approximate surface area is 210 Å². The maximum Gasteiger partial charge on any atom is 0.188 e. The number of para-hydroxylation sites is 1. The van der Waals surface area contributed by atoms with Crippen LogP contribution < -0.4 is 14.4 Å². The van der Waals surface area contributed by atoms with Gasteiger partial charge in [0, 0.05) is 19.9 Å². The fourth-order valence-electron chi connectivity index (χ4n) is 3.79. The summed E-state index contributed by atoms with van der Waals surface area (Å²) in [6.45, 7) is 13.6. The van der Waals surface area contributed by atoms with Crippen molar-refractivity contribution < 1.29 is 18.9 Å². The highest BCUT2D eigenvalue weighted by Gasteiger charge is 2.25. The van der Waals surface area contributed by atoms with Crippen molar-refractivity contribution in [1.29, 1.82) is 0 Å². The molecule has 0 atom stereocenters. The van der Waals surface area contributed by atoms with Gasteiger partial charge in [0.05, 0.1) is 11.4 Å². The van der Waals surface area contributed by atoms with Gasteiger partial charge in [0.25, 0.3) is 0 Å². The quantitative estimate of drug-likeness (QED) is 0.295. The second-order valence-corrected chi connectivity index (χ2v) is 10.6. The molecule has 188 valence electrons. The van der Waals surface area contributed by atoms with Crippen molar-refractivity contribution in [3.05, 3.63) is 77.9 Å². The van der Waals surface area contributed by atoms with Crippen LogP contribution >= 0.6 is 0 Å². The topological polar surface area (TPSA) is 40.2 Å². The molecule has 3 aromatic rings. The van der Waals surface area contributed by atoms with E-state index in [0.717, 1.165) is 28.6 Å².